The Labute approximate surface area is 173 Å². The lowest BCUT2D eigenvalue weighted by Gasteiger charge is -2.26. The number of nitrogens with zero attached hydrogens (tertiary/aromatic N) is 2. The highest BCUT2D eigenvalue weighted by Crippen LogP contribution is 2.38. The summed E-state index contributed by atoms with van der Waals surface area (Å²) in [7, 11) is 1.39. The van der Waals surface area contributed by atoms with Crippen LogP contribution >= 0.6 is 11.6 Å². The van der Waals surface area contributed by atoms with Crippen LogP contribution in [0.25, 0.3) is 0 Å². The van der Waals surface area contributed by atoms with Crippen LogP contribution in [0.2, 0.25) is 5.02 Å². The second-order valence-electron chi connectivity index (χ2n) is 6.57. The van der Waals surface area contributed by atoms with Crippen LogP contribution < -0.4 is 9.47 Å². The number of nitro groups is 1. The minimum atomic E-state index is -0.603. The Morgan fingerprint density at radius 2 is 1.79 bits per heavy atom. The lowest BCUT2D eigenvalue weighted by atomic mass is 10.1. The molecule has 0 saturated carbocycles. The molecule has 0 fully saturated rings. The van der Waals surface area contributed by atoms with Crippen molar-refractivity contribution < 1.29 is 24.0 Å². The zero-order valence-corrected chi connectivity index (χ0v) is 17.2. The van der Waals surface area contributed by atoms with Crippen LogP contribution in [-0.2, 0) is 4.79 Å². The lowest BCUT2D eigenvalue weighted by Crippen LogP contribution is -2.40. The van der Waals surface area contributed by atoms with Crippen LogP contribution in [0.3, 0.4) is 0 Å². The van der Waals surface area contributed by atoms with Gasteiger partial charge in [-0.2, -0.15) is 0 Å². The van der Waals surface area contributed by atoms with Gasteiger partial charge in [-0.25, -0.2) is 0 Å². The van der Waals surface area contributed by atoms with Crippen LogP contribution in [0.5, 0.6) is 17.2 Å². The molecule has 2 rings (SSSR count). The number of amides is 1. The molecule has 0 aliphatic heterocycles. The van der Waals surface area contributed by atoms with Crippen molar-refractivity contribution in [3.8, 4) is 17.2 Å². The minimum Gasteiger partial charge on any atom is -0.493 e. The highest BCUT2D eigenvalue weighted by molar-refractivity contribution is 6.30. The zero-order chi connectivity index (χ0) is 21.7. The van der Waals surface area contributed by atoms with E-state index < -0.39 is 4.92 Å². The minimum absolute atomic E-state index is 0.00592. The first-order chi connectivity index (χ1) is 13.6. The molecule has 0 heterocycles. The summed E-state index contributed by atoms with van der Waals surface area (Å²) in [6, 6.07) is 8.32. The third kappa shape index (κ3) is 5.45. The van der Waals surface area contributed by atoms with Crippen LogP contribution in [-0.4, -0.2) is 41.2 Å². The molecule has 2 aromatic rings. The van der Waals surface area contributed by atoms with E-state index in [1.54, 1.807) is 0 Å². The van der Waals surface area contributed by atoms with Gasteiger partial charge in [0.2, 0.25) is 5.75 Å². The van der Waals surface area contributed by atoms with Crippen molar-refractivity contribution in [2.24, 2.45) is 0 Å². The molecule has 0 N–H and O–H groups in total. The molecule has 8 nitrogen and oxygen atoms in total. The van der Waals surface area contributed by atoms with Crippen LogP contribution in [0.1, 0.15) is 31.1 Å². The van der Waals surface area contributed by atoms with Crippen LogP contribution in [0.4, 0.5) is 5.69 Å². The number of carbonyl (C=O) groups is 2. The predicted molar refractivity (Wildman–Crippen MR) is 108 cm³/mol. The number of Topliss-reactive ketones (excluding diaryl/α,β-unsaturated/α-hetero) is 1. The molecule has 0 bridgehead atoms. The van der Waals surface area contributed by atoms with Gasteiger partial charge in [0, 0.05) is 22.7 Å². The number of benzene rings is 2. The molecule has 0 radical (unpaired) electrons. The highest BCUT2D eigenvalue weighted by atomic mass is 35.5. The third-order valence-corrected chi connectivity index (χ3v) is 4.26. The van der Waals surface area contributed by atoms with Gasteiger partial charge in [0.25, 0.3) is 5.91 Å². The van der Waals surface area contributed by atoms with E-state index in [0.717, 1.165) is 0 Å². The van der Waals surface area contributed by atoms with Crippen molar-refractivity contribution in [2.75, 3.05) is 13.7 Å². The summed E-state index contributed by atoms with van der Waals surface area (Å²) in [5.41, 5.74) is 0.00176. The molecule has 0 saturated heterocycles. The van der Waals surface area contributed by atoms with Gasteiger partial charge in [-0.3, -0.25) is 19.7 Å². The third-order valence-electron chi connectivity index (χ3n) is 4.03. The Bertz CT molecular complexity index is 945. The monoisotopic (exact) mass is 420 g/mol. The summed E-state index contributed by atoms with van der Waals surface area (Å²) >= 11 is 5.82. The van der Waals surface area contributed by atoms with Gasteiger partial charge in [0.05, 0.1) is 18.6 Å². The fraction of sp³-hybridized carbons (Fsp3) is 0.300. The largest absolute Gasteiger partial charge is 0.493 e. The standard InChI is InChI=1S/C20H21ClN2O6/c1-12(2)22(11-13(3)24)20(25)14-5-7-18(19(9-14)28-4)29-17-8-6-15(21)10-16(17)23(26)27/h5-10,12H,11H2,1-4H3. The number of nitro benzene ring substituents is 1. The second-order valence-corrected chi connectivity index (χ2v) is 7.00. The van der Waals surface area contributed by atoms with Crippen LogP contribution in [0.15, 0.2) is 36.4 Å². The Kier molecular flexibility index (Phi) is 7.17. The Morgan fingerprint density at radius 1 is 1.14 bits per heavy atom. The summed E-state index contributed by atoms with van der Waals surface area (Å²) in [6.45, 7) is 5.04. The van der Waals surface area contributed by atoms with Crippen LogP contribution in [0, 0.1) is 10.1 Å². The van der Waals surface area contributed by atoms with E-state index in [1.165, 1.54) is 55.3 Å². The first-order valence-corrected chi connectivity index (χ1v) is 9.12. The molecule has 0 spiro atoms. The lowest BCUT2D eigenvalue weighted by molar-refractivity contribution is -0.385. The molecule has 29 heavy (non-hydrogen) atoms. The molecular weight excluding hydrogens is 400 g/mol. The van der Waals surface area contributed by atoms with Gasteiger partial charge >= 0.3 is 5.69 Å². The zero-order valence-electron chi connectivity index (χ0n) is 16.5. The fourth-order valence-corrected chi connectivity index (χ4v) is 2.78. The van der Waals surface area contributed by atoms with Gasteiger partial charge in [-0.05, 0) is 51.1 Å². The van der Waals surface area contributed by atoms with E-state index in [1.807, 2.05) is 13.8 Å². The quantitative estimate of drug-likeness (QED) is 0.461. The summed E-state index contributed by atoms with van der Waals surface area (Å²) in [5.74, 6) is -0.0764. The Morgan fingerprint density at radius 3 is 2.34 bits per heavy atom. The maximum Gasteiger partial charge on any atom is 0.313 e. The SMILES string of the molecule is COc1cc(C(=O)N(CC(C)=O)C(C)C)ccc1Oc1ccc(Cl)cc1[N+](=O)[O-]. The number of carbonyl (C=O) groups excluding carboxylic acids is 2. The summed E-state index contributed by atoms with van der Waals surface area (Å²) < 4.78 is 10.9. The van der Waals surface area contributed by atoms with E-state index in [-0.39, 0.29) is 52.2 Å². The van der Waals surface area contributed by atoms with Crippen molar-refractivity contribution >= 4 is 29.0 Å². The van der Waals surface area contributed by atoms with Crippen molar-refractivity contribution in [3.63, 3.8) is 0 Å². The van der Waals surface area contributed by atoms with E-state index in [4.69, 9.17) is 21.1 Å². The van der Waals surface area contributed by atoms with Gasteiger partial charge in [0.15, 0.2) is 11.5 Å². The number of methoxy groups -OCH3 is 1. The number of halogens is 1. The molecule has 0 aromatic heterocycles. The molecule has 0 aliphatic rings. The highest BCUT2D eigenvalue weighted by Gasteiger charge is 2.23. The number of ether oxygens (including phenoxy) is 2. The summed E-state index contributed by atoms with van der Waals surface area (Å²) in [5, 5.41) is 11.5. The molecule has 0 unspecified atom stereocenters. The number of hydrogen-bond acceptors (Lipinski definition) is 6. The summed E-state index contributed by atoms with van der Waals surface area (Å²) in [4.78, 5) is 36.4. The Hall–Kier alpha value is -3.13. The topological polar surface area (TPSA) is 99.0 Å². The maximum atomic E-state index is 12.8. The molecule has 1 amide bonds. The average molecular weight is 421 g/mol. The van der Waals surface area contributed by atoms with E-state index >= 15 is 0 Å². The van der Waals surface area contributed by atoms with Gasteiger partial charge in [0.1, 0.15) is 5.78 Å². The molecule has 0 atom stereocenters. The number of ketones is 1. The van der Waals surface area contributed by atoms with Gasteiger partial charge in [-0.1, -0.05) is 11.6 Å². The van der Waals surface area contributed by atoms with E-state index in [2.05, 4.69) is 0 Å². The smallest absolute Gasteiger partial charge is 0.313 e. The van der Waals surface area contributed by atoms with Gasteiger partial charge < -0.3 is 14.4 Å². The van der Waals surface area contributed by atoms with Gasteiger partial charge in [-0.15, -0.1) is 0 Å². The van der Waals surface area contributed by atoms with Crippen molar-refractivity contribution in [2.45, 2.75) is 26.8 Å². The first kappa shape index (κ1) is 22.2. The average Bonchev–Trinajstić information content (AvgIpc) is 2.66. The van der Waals surface area contributed by atoms with Crippen molar-refractivity contribution in [1.29, 1.82) is 0 Å². The molecule has 0 aliphatic carbocycles. The number of hydrogen-bond donors (Lipinski definition) is 0. The van der Waals surface area contributed by atoms with E-state index in [0.29, 0.717) is 5.56 Å². The normalized spacial score (nSPS) is 10.6. The Balaban J connectivity index is 2.38. The molecule has 9 heteroatoms. The van der Waals surface area contributed by atoms with Crippen molar-refractivity contribution in [1.82, 2.24) is 4.90 Å². The summed E-state index contributed by atoms with van der Waals surface area (Å²) in [6.07, 6.45) is 0. The fourth-order valence-electron chi connectivity index (χ4n) is 2.62. The number of rotatable bonds is 8. The molecule has 2 aromatic carbocycles. The first-order valence-electron chi connectivity index (χ1n) is 8.74. The van der Waals surface area contributed by atoms with E-state index in [9.17, 15) is 19.7 Å². The molecule has 154 valence electrons. The van der Waals surface area contributed by atoms with Crippen molar-refractivity contribution in [3.05, 3.63) is 57.1 Å². The predicted octanol–water partition coefficient (Wildman–Crippen LogP) is 4.49. The molecular formula is C20H21ClN2O6. The maximum absolute atomic E-state index is 12.8. The second kappa shape index (κ2) is 9.38.